The summed E-state index contributed by atoms with van der Waals surface area (Å²) in [5.74, 6) is -0.495. The molecule has 5 nitrogen and oxygen atoms in total. The maximum Gasteiger partial charge on any atom is 0.341 e. The molecule has 0 saturated carbocycles. The third-order valence-electron chi connectivity index (χ3n) is 3.71. The van der Waals surface area contributed by atoms with Gasteiger partial charge in [0.1, 0.15) is 16.3 Å². The standard InChI is InChI=1S/C19H16ClNO4S/c1-3-25-19(23)16-12-6-4-5-7-15(12)26-18(16)21-17(22)13-10-11(20)8-9-14(13)24-2/h4-10H,3H2,1-2H3,(H,21,22). The van der Waals surface area contributed by atoms with Gasteiger partial charge in [-0.3, -0.25) is 4.79 Å². The molecule has 3 rings (SSSR count). The minimum Gasteiger partial charge on any atom is -0.496 e. The fourth-order valence-corrected chi connectivity index (χ4v) is 3.83. The maximum absolute atomic E-state index is 12.8. The Labute approximate surface area is 159 Å². The third-order valence-corrected chi connectivity index (χ3v) is 5.03. The second-order valence-electron chi connectivity index (χ2n) is 5.32. The Morgan fingerprint density at radius 1 is 1.19 bits per heavy atom. The molecule has 3 aromatic rings. The second-order valence-corrected chi connectivity index (χ2v) is 6.81. The number of carbonyl (C=O) groups excluding carboxylic acids is 2. The number of amides is 1. The number of anilines is 1. The number of thiophene rings is 1. The van der Waals surface area contributed by atoms with E-state index in [0.29, 0.717) is 21.3 Å². The Morgan fingerprint density at radius 3 is 2.69 bits per heavy atom. The number of fused-ring (bicyclic) bond motifs is 1. The van der Waals surface area contributed by atoms with Gasteiger partial charge in [-0.05, 0) is 31.2 Å². The van der Waals surface area contributed by atoms with Crippen LogP contribution in [0.25, 0.3) is 10.1 Å². The van der Waals surface area contributed by atoms with Gasteiger partial charge in [-0.15, -0.1) is 11.3 Å². The zero-order chi connectivity index (χ0) is 18.7. The van der Waals surface area contributed by atoms with Crippen LogP contribution < -0.4 is 10.1 Å². The topological polar surface area (TPSA) is 64.6 Å². The molecular formula is C19H16ClNO4S. The van der Waals surface area contributed by atoms with E-state index in [1.54, 1.807) is 19.1 Å². The number of ether oxygens (including phenoxy) is 2. The lowest BCUT2D eigenvalue weighted by Crippen LogP contribution is -2.15. The van der Waals surface area contributed by atoms with Crippen molar-refractivity contribution in [3.63, 3.8) is 0 Å². The highest BCUT2D eigenvalue weighted by atomic mass is 35.5. The van der Waals surface area contributed by atoms with Crippen molar-refractivity contribution in [1.29, 1.82) is 0 Å². The summed E-state index contributed by atoms with van der Waals surface area (Å²) >= 11 is 7.31. The molecule has 134 valence electrons. The van der Waals surface area contributed by atoms with E-state index < -0.39 is 11.9 Å². The van der Waals surface area contributed by atoms with Gasteiger partial charge >= 0.3 is 5.97 Å². The molecule has 0 aliphatic carbocycles. The lowest BCUT2D eigenvalue weighted by Gasteiger charge is -2.10. The van der Waals surface area contributed by atoms with E-state index in [1.165, 1.54) is 24.5 Å². The van der Waals surface area contributed by atoms with E-state index in [-0.39, 0.29) is 12.2 Å². The van der Waals surface area contributed by atoms with E-state index in [9.17, 15) is 9.59 Å². The molecule has 0 bridgehead atoms. The molecule has 7 heteroatoms. The molecule has 2 aromatic carbocycles. The van der Waals surface area contributed by atoms with Crippen molar-refractivity contribution in [2.75, 3.05) is 19.0 Å². The van der Waals surface area contributed by atoms with E-state index >= 15 is 0 Å². The Morgan fingerprint density at radius 2 is 1.96 bits per heavy atom. The largest absolute Gasteiger partial charge is 0.496 e. The Kier molecular flexibility index (Phi) is 5.44. The first-order valence-electron chi connectivity index (χ1n) is 7.88. The summed E-state index contributed by atoms with van der Waals surface area (Å²) in [4.78, 5) is 25.2. The molecule has 0 unspecified atom stereocenters. The predicted octanol–water partition coefficient (Wildman–Crippen LogP) is 4.99. The van der Waals surface area contributed by atoms with Crippen molar-refractivity contribution in [3.8, 4) is 5.75 Å². The average molecular weight is 390 g/mol. The summed E-state index contributed by atoms with van der Waals surface area (Å²) in [5, 5.41) is 4.38. The van der Waals surface area contributed by atoms with Crippen LogP contribution in [0.2, 0.25) is 5.02 Å². The lowest BCUT2D eigenvalue weighted by molar-refractivity contribution is 0.0530. The number of halogens is 1. The van der Waals surface area contributed by atoms with Gasteiger partial charge in [0, 0.05) is 15.1 Å². The van der Waals surface area contributed by atoms with Gasteiger partial charge in [0.25, 0.3) is 5.91 Å². The smallest absolute Gasteiger partial charge is 0.341 e. The molecule has 0 saturated heterocycles. The van der Waals surface area contributed by atoms with Crippen molar-refractivity contribution >= 4 is 49.9 Å². The molecule has 0 aliphatic heterocycles. The van der Waals surface area contributed by atoms with E-state index in [0.717, 1.165) is 10.1 Å². The minimum atomic E-state index is -0.474. The summed E-state index contributed by atoms with van der Waals surface area (Å²) in [5.41, 5.74) is 0.633. The Balaban J connectivity index is 2.03. The molecular weight excluding hydrogens is 374 g/mol. The van der Waals surface area contributed by atoms with Crippen LogP contribution in [0.3, 0.4) is 0 Å². The molecule has 1 amide bonds. The zero-order valence-electron chi connectivity index (χ0n) is 14.2. The number of nitrogens with one attached hydrogen (secondary N) is 1. The van der Waals surface area contributed by atoms with Crippen LogP contribution >= 0.6 is 22.9 Å². The minimum absolute atomic E-state index is 0.249. The molecule has 1 heterocycles. The number of rotatable bonds is 5. The van der Waals surface area contributed by atoms with E-state index in [2.05, 4.69) is 5.32 Å². The third kappa shape index (κ3) is 3.52. The van der Waals surface area contributed by atoms with Crippen LogP contribution in [0.5, 0.6) is 5.75 Å². The highest BCUT2D eigenvalue weighted by Crippen LogP contribution is 2.37. The predicted molar refractivity (Wildman–Crippen MR) is 104 cm³/mol. The molecule has 26 heavy (non-hydrogen) atoms. The van der Waals surface area contributed by atoms with E-state index in [4.69, 9.17) is 21.1 Å². The van der Waals surface area contributed by atoms with Gasteiger partial charge < -0.3 is 14.8 Å². The molecule has 0 radical (unpaired) electrons. The van der Waals surface area contributed by atoms with Gasteiger partial charge in [-0.25, -0.2) is 4.79 Å². The first kappa shape index (κ1) is 18.2. The number of hydrogen-bond donors (Lipinski definition) is 1. The molecule has 0 aliphatic rings. The number of carbonyl (C=O) groups is 2. The quantitative estimate of drug-likeness (QED) is 0.624. The van der Waals surface area contributed by atoms with Crippen molar-refractivity contribution < 1.29 is 19.1 Å². The summed E-state index contributed by atoms with van der Waals surface area (Å²) in [7, 11) is 1.48. The second kappa shape index (κ2) is 7.76. The van der Waals surface area contributed by atoms with Gasteiger partial charge in [-0.2, -0.15) is 0 Å². The van der Waals surface area contributed by atoms with Crippen LogP contribution in [0.4, 0.5) is 5.00 Å². The van der Waals surface area contributed by atoms with Crippen LogP contribution in [-0.4, -0.2) is 25.6 Å². The zero-order valence-corrected chi connectivity index (χ0v) is 15.7. The molecule has 0 spiro atoms. The summed E-state index contributed by atoms with van der Waals surface area (Å²) in [6, 6.07) is 12.2. The fraction of sp³-hybridized carbons (Fsp3) is 0.158. The maximum atomic E-state index is 12.8. The summed E-state index contributed by atoms with van der Waals surface area (Å²) < 4.78 is 11.3. The molecule has 0 atom stereocenters. The first-order chi connectivity index (χ1) is 12.5. The van der Waals surface area contributed by atoms with Crippen molar-refractivity contribution in [2.45, 2.75) is 6.92 Å². The fourth-order valence-electron chi connectivity index (χ4n) is 2.57. The highest BCUT2D eigenvalue weighted by molar-refractivity contribution is 7.23. The summed E-state index contributed by atoms with van der Waals surface area (Å²) in [6.07, 6.45) is 0. The van der Waals surface area contributed by atoms with Crippen LogP contribution in [-0.2, 0) is 4.74 Å². The van der Waals surface area contributed by atoms with Crippen molar-refractivity contribution in [1.82, 2.24) is 0 Å². The number of methoxy groups -OCH3 is 1. The van der Waals surface area contributed by atoms with Crippen molar-refractivity contribution in [3.05, 3.63) is 58.6 Å². The van der Waals surface area contributed by atoms with Crippen molar-refractivity contribution in [2.24, 2.45) is 0 Å². The average Bonchev–Trinajstić information content (AvgIpc) is 2.99. The van der Waals surface area contributed by atoms with E-state index in [1.807, 2.05) is 24.3 Å². The van der Waals surface area contributed by atoms with Crippen LogP contribution in [0.1, 0.15) is 27.6 Å². The number of esters is 1. The van der Waals surface area contributed by atoms with Gasteiger partial charge in [-0.1, -0.05) is 29.8 Å². The van der Waals surface area contributed by atoms with Crippen LogP contribution in [0, 0.1) is 0 Å². The van der Waals surface area contributed by atoms with Crippen LogP contribution in [0.15, 0.2) is 42.5 Å². The normalized spacial score (nSPS) is 10.6. The first-order valence-corrected chi connectivity index (χ1v) is 9.08. The molecule has 1 aromatic heterocycles. The Hall–Kier alpha value is -2.57. The van der Waals surface area contributed by atoms with Gasteiger partial charge in [0.15, 0.2) is 0 Å². The lowest BCUT2D eigenvalue weighted by atomic mass is 10.1. The summed E-state index contributed by atoms with van der Waals surface area (Å²) in [6.45, 7) is 1.99. The highest BCUT2D eigenvalue weighted by Gasteiger charge is 2.23. The van der Waals surface area contributed by atoms with Gasteiger partial charge in [0.05, 0.1) is 19.3 Å². The Bertz CT molecular complexity index is 983. The SMILES string of the molecule is CCOC(=O)c1c(NC(=O)c2cc(Cl)ccc2OC)sc2ccccc12. The molecule has 1 N–H and O–H groups in total. The number of hydrogen-bond acceptors (Lipinski definition) is 5. The number of benzene rings is 2. The monoisotopic (exact) mass is 389 g/mol. The molecule has 0 fully saturated rings. The van der Waals surface area contributed by atoms with Gasteiger partial charge in [0.2, 0.25) is 0 Å².